The first-order valence-electron chi connectivity index (χ1n) is 8.63. The molecule has 0 saturated carbocycles. The fraction of sp³-hybridized carbons (Fsp3) is 0.273. The average molecular weight is 334 g/mol. The van der Waals surface area contributed by atoms with E-state index in [1.807, 2.05) is 55.5 Å². The maximum Gasteiger partial charge on any atom is 0.317 e. The van der Waals surface area contributed by atoms with Crippen molar-refractivity contribution < 1.29 is 14.3 Å². The van der Waals surface area contributed by atoms with Gasteiger partial charge in [0.1, 0.15) is 5.92 Å². The Balaban J connectivity index is 2.02. The molecule has 0 bridgehead atoms. The number of carbonyl (C=O) groups is 2. The molecule has 2 aromatic rings. The molecule has 0 saturated heterocycles. The van der Waals surface area contributed by atoms with Gasteiger partial charge in [0, 0.05) is 5.92 Å². The van der Waals surface area contributed by atoms with E-state index in [-0.39, 0.29) is 18.3 Å². The summed E-state index contributed by atoms with van der Waals surface area (Å²) in [6.07, 6.45) is 2.26. The van der Waals surface area contributed by atoms with Gasteiger partial charge in [-0.25, -0.2) is 0 Å². The van der Waals surface area contributed by atoms with Crippen molar-refractivity contribution in [2.45, 2.75) is 26.2 Å². The van der Waals surface area contributed by atoms with Crippen molar-refractivity contribution in [1.29, 1.82) is 0 Å². The normalized spacial score (nSPS) is 20.1. The maximum atomic E-state index is 12.8. The highest BCUT2D eigenvalue weighted by molar-refractivity contribution is 6.10. The van der Waals surface area contributed by atoms with E-state index in [1.165, 1.54) is 0 Å². The van der Waals surface area contributed by atoms with Gasteiger partial charge in [-0.05, 0) is 43.0 Å². The molecule has 3 rings (SSSR count). The van der Waals surface area contributed by atoms with Gasteiger partial charge in [0.05, 0.1) is 6.61 Å². The monoisotopic (exact) mass is 334 g/mol. The van der Waals surface area contributed by atoms with Crippen molar-refractivity contribution in [3.63, 3.8) is 0 Å². The van der Waals surface area contributed by atoms with Crippen LogP contribution in [0.5, 0.6) is 0 Å². The van der Waals surface area contributed by atoms with Crippen LogP contribution in [0.4, 0.5) is 0 Å². The standard InChI is InChI=1S/C22H22O3/c1-3-25-22(24)21-19(16-9-5-4-6-10-16)13-18(14-20(21)23)17-11-7-8-15(2)12-17/h4-12,14,19,21H,3,13H2,1-2H3/t19-,21+/m0/s1. The van der Waals surface area contributed by atoms with E-state index < -0.39 is 11.9 Å². The summed E-state index contributed by atoms with van der Waals surface area (Å²) in [5.41, 5.74) is 4.15. The maximum absolute atomic E-state index is 12.8. The van der Waals surface area contributed by atoms with E-state index in [9.17, 15) is 9.59 Å². The molecule has 1 aliphatic carbocycles. The Morgan fingerprint density at radius 1 is 1.12 bits per heavy atom. The first-order chi connectivity index (χ1) is 12.1. The van der Waals surface area contributed by atoms with Crippen molar-refractivity contribution in [3.05, 3.63) is 77.4 Å². The number of allylic oxidation sites excluding steroid dienone is 2. The molecule has 0 fully saturated rings. The third-order valence-corrected chi connectivity index (χ3v) is 4.62. The number of aryl methyl sites for hydroxylation is 1. The van der Waals surface area contributed by atoms with Gasteiger partial charge < -0.3 is 4.74 Å². The molecule has 25 heavy (non-hydrogen) atoms. The minimum Gasteiger partial charge on any atom is -0.465 e. The van der Waals surface area contributed by atoms with Crippen LogP contribution in [0, 0.1) is 12.8 Å². The summed E-state index contributed by atoms with van der Waals surface area (Å²) < 4.78 is 5.17. The Hall–Kier alpha value is -2.68. The third-order valence-electron chi connectivity index (χ3n) is 4.62. The molecule has 0 N–H and O–H groups in total. The van der Waals surface area contributed by atoms with Crippen LogP contribution in [0.1, 0.15) is 36.0 Å². The SMILES string of the molecule is CCOC(=O)[C@H]1C(=O)C=C(c2cccc(C)c2)C[C@H]1c1ccccc1. The Morgan fingerprint density at radius 3 is 2.56 bits per heavy atom. The lowest BCUT2D eigenvalue weighted by atomic mass is 9.73. The van der Waals surface area contributed by atoms with Gasteiger partial charge in [-0.3, -0.25) is 9.59 Å². The highest BCUT2D eigenvalue weighted by atomic mass is 16.5. The van der Waals surface area contributed by atoms with Crippen molar-refractivity contribution in [3.8, 4) is 0 Å². The molecule has 3 heteroatoms. The molecule has 0 spiro atoms. The van der Waals surface area contributed by atoms with Gasteiger partial charge in [-0.15, -0.1) is 0 Å². The van der Waals surface area contributed by atoms with Crippen LogP contribution in [0.15, 0.2) is 60.7 Å². The van der Waals surface area contributed by atoms with E-state index in [0.717, 1.165) is 22.3 Å². The van der Waals surface area contributed by atoms with Gasteiger partial charge in [0.25, 0.3) is 0 Å². The lowest BCUT2D eigenvalue weighted by Gasteiger charge is -2.29. The summed E-state index contributed by atoms with van der Waals surface area (Å²) in [6.45, 7) is 4.07. The lowest BCUT2D eigenvalue weighted by Crippen LogP contribution is -2.34. The summed E-state index contributed by atoms with van der Waals surface area (Å²) in [7, 11) is 0. The number of hydrogen-bond acceptors (Lipinski definition) is 3. The second-order valence-electron chi connectivity index (χ2n) is 6.39. The van der Waals surface area contributed by atoms with Crippen LogP contribution >= 0.6 is 0 Å². The van der Waals surface area contributed by atoms with E-state index >= 15 is 0 Å². The molecular weight excluding hydrogens is 312 g/mol. The molecule has 2 atom stereocenters. The summed E-state index contributed by atoms with van der Waals surface area (Å²) in [5.74, 6) is -1.57. The zero-order valence-electron chi connectivity index (χ0n) is 14.6. The minimum atomic E-state index is -0.768. The molecule has 128 valence electrons. The minimum absolute atomic E-state index is 0.171. The number of ether oxygens (including phenoxy) is 1. The van der Waals surface area contributed by atoms with Crippen molar-refractivity contribution in [2.24, 2.45) is 5.92 Å². The first kappa shape index (κ1) is 17.2. The fourth-order valence-corrected chi connectivity index (χ4v) is 3.44. The predicted molar refractivity (Wildman–Crippen MR) is 98.1 cm³/mol. The fourth-order valence-electron chi connectivity index (χ4n) is 3.44. The average Bonchev–Trinajstić information content (AvgIpc) is 2.62. The van der Waals surface area contributed by atoms with Crippen LogP contribution in [0.3, 0.4) is 0 Å². The Morgan fingerprint density at radius 2 is 1.88 bits per heavy atom. The van der Waals surface area contributed by atoms with Gasteiger partial charge in [0.15, 0.2) is 5.78 Å². The number of esters is 1. The molecule has 2 aromatic carbocycles. The van der Waals surface area contributed by atoms with Gasteiger partial charge in [-0.2, -0.15) is 0 Å². The van der Waals surface area contributed by atoms with Crippen LogP contribution in [0.2, 0.25) is 0 Å². The van der Waals surface area contributed by atoms with Crippen molar-refractivity contribution in [2.75, 3.05) is 6.61 Å². The van der Waals surface area contributed by atoms with Gasteiger partial charge in [-0.1, -0.05) is 60.2 Å². The predicted octanol–water partition coefficient (Wildman–Crippen LogP) is 4.31. The molecule has 0 aliphatic heterocycles. The summed E-state index contributed by atoms with van der Waals surface area (Å²) in [4.78, 5) is 25.2. The highest BCUT2D eigenvalue weighted by Crippen LogP contribution is 2.40. The second-order valence-corrected chi connectivity index (χ2v) is 6.39. The zero-order valence-corrected chi connectivity index (χ0v) is 14.6. The van der Waals surface area contributed by atoms with E-state index in [2.05, 4.69) is 6.07 Å². The van der Waals surface area contributed by atoms with Crippen LogP contribution in [0.25, 0.3) is 5.57 Å². The number of rotatable bonds is 4. The number of benzene rings is 2. The molecular formula is C22H22O3. The topological polar surface area (TPSA) is 43.4 Å². The number of hydrogen-bond donors (Lipinski definition) is 0. The highest BCUT2D eigenvalue weighted by Gasteiger charge is 2.39. The molecule has 0 amide bonds. The van der Waals surface area contributed by atoms with E-state index in [1.54, 1.807) is 13.0 Å². The molecule has 3 nitrogen and oxygen atoms in total. The van der Waals surface area contributed by atoms with Crippen LogP contribution in [-0.2, 0) is 14.3 Å². The van der Waals surface area contributed by atoms with Crippen molar-refractivity contribution >= 4 is 17.3 Å². The smallest absolute Gasteiger partial charge is 0.317 e. The summed E-state index contributed by atoms with van der Waals surface area (Å²) in [6, 6.07) is 17.9. The van der Waals surface area contributed by atoms with E-state index in [0.29, 0.717) is 6.42 Å². The zero-order chi connectivity index (χ0) is 17.8. The van der Waals surface area contributed by atoms with Gasteiger partial charge in [0.2, 0.25) is 0 Å². The second kappa shape index (κ2) is 7.47. The summed E-state index contributed by atoms with van der Waals surface area (Å²) in [5, 5.41) is 0. The van der Waals surface area contributed by atoms with Crippen molar-refractivity contribution in [1.82, 2.24) is 0 Å². The van der Waals surface area contributed by atoms with Crippen LogP contribution in [-0.4, -0.2) is 18.4 Å². The Bertz CT molecular complexity index is 805. The number of carbonyl (C=O) groups excluding carboxylic acids is 2. The quantitative estimate of drug-likeness (QED) is 0.618. The molecule has 0 aromatic heterocycles. The number of ketones is 1. The van der Waals surface area contributed by atoms with Gasteiger partial charge >= 0.3 is 5.97 Å². The van der Waals surface area contributed by atoms with Crippen LogP contribution < -0.4 is 0 Å². The summed E-state index contributed by atoms with van der Waals surface area (Å²) >= 11 is 0. The Labute approximate surface area is 148 Å². The first-order valence-corrected chi connectivity index (χ1v) is 8.63. The molecule has 0 unspecified atom stereocenters. The molecule has 1 aliphatic rings. The molecule has 0 radical (unpaired) electrons. The largest absolute Gasteiger partial charge is 0.465 e. The van der Waals surface area contributed by atoms with E-state index in [4.69, 9.17) is 4.74 Å². The lowest BCUT2D eigenvalue weighted by molar-refractivity contribution is -0.151. The Kier molecular flexibility index (Phi) is 5.13. The molecule has 0 heterocycles. The third kappa shape index (κ3) is 3.71.